The summed E-state index contributed by atoms with van der Waals surface area (Å²) in [5.41, 5.74) is 0.769. The molecule has 7 heteroatoms. The fourth-order valence-electron chi connectivity index (χ4n) is 3.52. The number of hydrogen-bond donors (Lipinski definition) is 1. The van der Waals surface area contributed by atoms with Gasteiger partial charge in [0.05, 0.1) is 11.0 Å². The molecule has 1 atom stereocenters. The number of carbonyl (C=O) groups is 1. The Kier molecular flexibility index (Phi) is 5.30. The maximum Gasteiger partial charge on any atom is 0.317 e. The SMILES string of the molecule is O=C(NCc1cccc([N+](=O)[O-])c1)N1CCC([C@@H]2CCCO2)CC1. The van der Waals surface area contributed by atoms with Crippen LogP contribution in [0.15, 0.2) is 24.3 Å². The van der Waals surface area contributed by atoms with Crippen molar-refractivity contribution in [3.63, 3.8) is 0 Å². The lowest BCUT2D eigenvalue weighted by Gasteiger charge is -2.34. The topological polar surface area (TPSA) is 84.7 Å². The van der Waals surface area contributed by atoms with Crippen LogP contribution in [0.2, 0.25) is 0 Å². The number of hydrogen-bond acceptors (Lipinski definition) is 4. The first-order chi connectivity index (χ1) is 11.6. The Morgan fingerprint density at radius 3 is 2.79 bits per heavy atom. The van der Waals surface area contributed by atoms with Crippen LogP contribution >= 0.6 is 0 Å². The van der Waals surface area contributed by atoms with Gasteiger partial charge in [0, 0.05) is 38.4 Å². The quantitative estimate of drug-likeness (QED) is 0.678. The van der Waals surface area contributed by atoms with E-state index in [9.17, 15) is 14.9 Å². The fourth-order valence-corrected chi connectivity index (χ4v) is 3.52. The van der Waals surface area contributed by atoms with Crippen molar-refractivity contribution in [3.8, 4) is 0 Å². The Balaban J connectivity index is 1.46. The van der Waals surface area contributed by atoms with Gasteiger partial charge < -0.3 is 15.0 Å². The number of rotatable bonds is 4. The van der Waals surface area contributed by atoms with Crippen molar-refractivity contribution >= 4 is 11.7 Å². The van der Waals surface area contributed by atoms with Gasteiger partial charge in [0.2, 0.25) is 0 Å². The number of nitro benzene ring substituents is 1. The highest BCUT2D eigenvalue weighted by Gasteiger charge is 2.30. The van der Waals surface area contributed by atoms with Crippen LogP contribution in [0.1, 0.15) is 31.2 Å². The highest BCUT2D eigenvalue weighted by molar-refractivity contribution is 5.74. The first-order valence-electron chi connectivity index (χ1n) is 8.51. The Bertz CT molecular complexity index is 593. The van der Waals surface area contributed by atoms with E-state index >= 15 is 0 Å². The number of ether oxygens (including phenoxy) is 1. The lowest BCUT2D eigenvalue weighted by Crippen LogP contribution is -2.45. The zero-order valence-electron chi connectivity index (χ0n) is 13.6. The summed E-state index contributed by atoms with van der Waals surface area (Å²) in [6.45, 7) is 2.65. The molecular weight excluding hydrogens is 310 g/mol. The summed E-state index contributed by atoms with van der Waals surface area (Å²) in [6.07, 6.45) is 4.63. The zero-order chi connectivity index (χ0) is 16.9. The van der Waals surface area contributed by atoms with Gasteiger partial charge in [0.1, 0.15) is 0 Å². The minimum atomic E-state index is -0.429. The normalized spacial score (nSPS) is 21.7. The van der Waals surface area contributed by atoms with Crippen molar-refractivity contribution in [2.45, 2.75) is 38.3 Å². The molecule has 0 radical (unpaired) electrons. The van der Waals surface area contributed by atoms with Crippen LogP contribution < -0.4 is 5.32 Å². The molecule has 130 valence electrons. The van der Waals surface area contributed by atoms with E-state index < -0.39 is 4.92 Å². The molecule has 0 aliphatic carbocycles. The summed E-state index contributed by atoms with van der Waals surface area (Å²) in [6, 6.07) is 6.24. The standard InChI is InChI=1S/C17H23N3O4/c21-17(18-12-13-3-1-4-15(11-13)20(22)23)19-8-6-14(7-9-19)16-5-2-10-24-16/h1,3-4,11,14,16H,2,5-10,12H2,(H,18,21)/t16-/m0/s1. The second-order valence-corrected chi connectivity index (χ2v) is 6.46. The van der Waals surface area contributed by atoms with E-state index in [0.29, 0.717) is 18.6 Å². The number of nitrogens with zero attached hydrogens (tertiary/aromatic N) is 2. The molecule has 2 aliphatic heterocycles. The maximum absolute atomic E-state index is 12.3. The second kappa shape index (κ2) is 7.61. The third-order valence-electron chi connectivity index (χ3n) is 4.88. The molecule has 2 saturated heterocycles. The van der Waals surface area contributed by atoms with Gasteiger partial charge in [-0.25, -0.2) is 4.79 Å². The van der Waals surface area contributed by atoms with Gasteiger partial charge >= 0.3 is 6.03 Å². The molecule has 0 unspecified atom stereocenters. The van der Waals surface area contributed by atoms with Crippen molar-refractivity contribution in [1.29, 1.82) is 0 Å². The first kappa shape index (κ1) is 16.7. The number of amides is 2. The number of piperidine rings is 1. The van der Waals surface area contributed by atoms with Gasteiger partial charge in [-0.05, 0) is 37.2 Å². The molecule has 7 nitrogen and oxygen atoms in total. The zero-order valence-corrected chi connectivity index (χ0v) is 13.6. The minimum Gasteiger partial charge on any atom is -0.378 e. The van der Waals surface area contributed by atoms with Gasteiger partial charge in [-0.1, -0.05) is 12.1 Å². The van der Waals surface area contributed by atoms with E-state index in [1.54, 1.807) is 12.1 Å². The van der Waals surface area contributed by atoms with Crippen LogP contribution in [0.5, 0.6) is 0 Å². The number of likely N-dealkylation sites (tertiary alicyclic amines) is 1. The summed E-state index contributed by atoms with van der Waals surface area (Å²) in [5.74, 6) is 0.563. The number of urea groups is 1. The minimum absolute atomic E-state index is 0.0409. The van der Waals surface area contributed by atoms with Crippen molar-refractivity contribution in [1.82, 2.24) is 10.2 Å². The Morgan fingerprint density at radius 2 is 2.12 bits per heavy atom. The molecule has 0 aromatic heterocycles. The smallest absolute Gasteiger partial charge is 0.317 e. The van der Waals surface area contributed by atoms with Gasteiger partial charge in [-0.15, -0.1) is 0 Å². The monoisotopic (exact) mass is 333 g/mol. The Hall–Kier alpha value is -2.15. The van der Waals surface area contributed by atoms with E-state index in [2.05, 4.69) is 5.32 Å². The van der Waals surface area contributed by atoms with E-state index in [4.69, 9.17) is 4.74 Å². The lowest BCUT2D eigenvalue weighted by atomic mass is 9.90. The summed E-state index contributed by atoms with van der Waals surface area (Å²) < 4.78 is 5.75. The molecule has 0 spiro atoms. The molecule has 2 fully saturated rings. The lowest BCUT2D eigenvalue weighted by molar-refractivity contribution is -0.384. The average molecular weight is 333 g/mol. The third kappa shape index (κ3) is 4.03. The molecule has 2 heterocycles. The van der Waals surface area contributed by atoms with Crippen LogP contribution in [-0.4, -0.2) is 41.7 Å². The summed E-state index contributed by atoms with van der Waals surface area (Å²) in [5, 5.41) is 13.6. The number of non-ortho nitro benzene ring substituents is 1. The number of nitro groups is 1. The number of carbonyl (C=O) groups excluding carboxylic acids is 1. The number of nitrogens with one attached hydrogen (secondary N) is 1. The molecule has 2 aliphatic rings. The maximum atomic E-state index is 12.3. The van der Waals surface area contributed by atoms with Gasteiger partial charge in [-0.2, -0.15) is 0 Å². The fraction of sp³-hybridized carbons (Fsp3) is 0.588. The molecule has 0 bridgehead atoms. The molecule has 2 amide bonds. The molecular formula is C17H23N3O4. The first-order valence-corrected chi connectivity index (χ1v) is 8.51. The predicted octanol–water partition coefficient (Wildman–Crippen LogP) is 2.70. The Morgan fingerprint density at radius 1 is 1.33 bits per heavy atom. The molecule has 1 N–H and O–H groups in total. The predicted molar refractivity (Wildman–Crippen MR) is 88.6 cm³/mol. The summed E-state index contributed by atoms with van der Waals surface area (Å²) in [7, 11) is 0. The average Bonchev–Trinajstić information content (AvgIpc) is 3.14. The largest absolute Gasteiger partial charge is 0.378 e. The van der Waals surface area contributed by atoms with Crippen molar-refractivity contribution < 1.29 is 14.5 Å². The van der Waals surface area contributed by atoms with Crippen LogP contribution in [0.3, 0.4) is 0 Å². The molecule has 3 rings (SSSR count). The Labute approximate surface area is 141 Å². The highest BCUT2D eigenvalue weighted by Crippen LogP contribution is 2.28. The van der Waals surface area contributed by atoms with Gasteiger partial charge in [0.25, 0.3) is 5.69 Å². The van der Waals surface area contributed by atoms with E-state index in [1.165, 1.54) is 12.1 Å². The summed E-state index contributed by atoms with van der Waals surface area (Å²) in [4.78, 5) is 24.4. The third-order valence-corrected chi connectivity index (χ3v) is 4.88. The molecule has 1 aromatic carbocycles. The van der Waals surface area contributed by atoms with Crippen LogP contribution in [-0.2, 0) is 11.3 Å². The molecule has 0 saturated carbocycles. The van der Waals surface area contributed by atoms with Crippen LogP contribution in [0.4, 0.5) is 10.5 Å². The number of benzene rings is 1. The van der Waals surface area contributed by atoms with Crippen LogP contribution in [0, 0.1) is 16.0 Å². The van der Waals surface area contributed by atoms with Crippen molar-refractivity contribution in [2.75, 3.05) is 19.7 Å². The van der Waals surface area contributed by atoms with E-state index in [0.717, 1.165) is 50.9 Å². The van der Waals surface area contributed by atoms with E-state index in [1.807, 2.05) is 4.90 Å². The van der Waals surface area contributed by atoms with Crippen molar-refractivity contribution in [3.05, 3.63) is 39.9 Å². The summed E-state index contributed by atoms with van der Waals surface area (Å²) >= 11 is 0. The van der Waals surface area contributed by atoms with E-state index in [-0.39, 0.29) is 11.7 Å². The van der Waals surface area contributed by atoms with Gasteiger partial charge in [-0.3, -0.25) is 10.1 Å². The van der Waals surface area contributed by atoms with Gasteiger partial charge in [0.15, 0.2) is 0 Å². The van der Waals surface area contributed by atoms with Crippen molar-refractivity contribution in [2.24, 2.45) is 5.92 Å². The molecule has 1 aromatic rings. The van der Waals surface area contributed by atoms with Crippen LogP contribution in [0.25, 0.3) is 0 Å². The molecule has 24 heavy (non-hydrogen) atoms. The highest BCUT2D eigenvalue weighted by atomic mass is 16.6. The second-order valence-electron chi connectivity index (χ2n) is 6.46.